The summed E-state index contributed by atoms with van der Waals surface area (Å²) in [5.74, 6) is 0.497. The molecule has 0 aromatic heterocycles. The van der Waals surface area contributed by atoms with Crippen LogP contribution >= 0.6 is 11.6 Å². The fourth-order valence-corrected chi connectivity index (χ4v) is 13.4. The zero-order chi connectivity index (χ0) is 29.9. The maximum Gasteiger partial charge on any atom is -1.00 e. The van der Waals surface area contributed by atoms with Gasteiger partial charge in [-0.2, -0.15) is 0 Å². The smallest absolute Gasteiger partial charge is 1.00 e. The van der Waals surface area contributed by atoms with Crippen molar-refractivity contribution >= 4 is 45.3 Å². The Hall–Kier alpha value is -2.93. The average Bonchev–Trinajstić information content (AvgIpc) is 3.59. The van der Waals surface area contributed by atoms with Crippen molar-refractivity contribution in [2.45, 2.75) is 28.0 Å². The van der Waals surface area contributed by atoms with Crippen molar-refractivity contribution in [1.29, 1.82) is 0 Å². The van der Waals surface area contributed by atoms with E-state index >= 15 is 0 Å². The topological polar surface area (TPSA) is 0 Å². The van der Waals surface area contributed by atoms with Gasteiger partial charge in [-0.25, -0.2) is 0 Å². The molecule has 226 valence electrons. The van der Waals surface area contributed by atoms with Gasteiger partial charge in [0, 0.05) is 0 Å². The van der Waals surface area contributed by atoms with Crippen molar-refractivity contribution in [2.75, 3.05) is 0 Å². The van der Waals surface area contributed by atoms with E-state index in [0.29, 0.717) is 13.2 Å². The van der Waals surface area contributed by atoms with Crippen LogP contribution in [-0.4, -0.2) is 0 Å². The third-order valence-corrected chi connectivity index (χ3v) is 15.0. The van der Waals surface area contributed by atoms with Crippen LogP contribution < -0.4 is 24.8 Å². The fraction of sp³-hybridized carbons (Fsp3) is 0.143. The molecule has 2 atom stereocenters. The van der Waals surface area contributed by atoms with Crippen molar-refractivity contribution in [2.24, 2.45) is 5.92 Å². The van der Waals surface area contributed by atoms with Gasteiger partial charge in [0.1, 0.15) is 0 Å². The first kappa shape index (κ1) is 33.0. The molecule has 0 aliphatic heterocycles. The number of allylic oxidation sites excluding steroid dienone is 2. The molecule has 0 amide bonds. The number of hydrogen-bond donors (Lipinski definition) is 0. The zero-order valence-corrected chi connectivity index (χ0v) is 30.7. The second-order valence-electron chi connectivity index (χ2n) is 12.5. The number of benzene rings is 6. The molecule has 46 heavy (non-hydrogen) atoms. The zero-order valence-electron chi connectivity index (χ0n) is 26.0. The van der Waals surface area contributed by atoms with Gasteiger partial charge in [-0.15, -0.1) is 0 Å². The fourth-order valence-electron chi connectivity index (χ4n) is 7.48. The molecule has 2 aliphatic carbocycles. The maximum absolute atomic E-state index is 7.13. The van der Waals surface area contributed by atoms with E-state index in [0.717, 1.165) is 5.02 Å². The van der Waals surface area contributed by atoms with Crippen LogP contribution in [0.3, 0.4) is 0 Å². The van der Waals surface area contributed by atoms with E-state index in [9.17, 15) is 0 Å². The molecule has 0 radical (unpaired) electrons. The third-order valence-electron chi connectivity index (χ3n) is 9.60. The first-order valence-electron chi connectivity index (χ1n) is 15.6. The molecule has 6 aromatic rings. The molecule has 0 nitrogen and oxygen atoms in total. The Bertz CT molecular complexity index is 2160. The number of fused-ring (bicyclic) bond motifs is 4. The number of halogens is 3. The monoisotopic (exact) mass is 732 g/mol. The van der Waals surface area contributed by atoms with Crippen LogP contribution in [0.2, 0.25) is 5.02 Å². The van der Waals surface area contributed by atoms with Crippen LogP contribution in [0.5, 0.6) is 0 Å². The molecule has 2 unspecified atom stereocenters. The molecular weight excluding hydrogens is 702 g/mol. The molecule has 0 spiro atoms. The average molecular weight is 735 g/mol. The molecule has 0 saturated heterocycles. The Morgan fingerprint density at radius 1 is 0.565 bits per heavy atom. The van der Waals surface area contributed by atoms with Crippen molar-refractivity contribution in [3.05, 3.63) is 154 Å². The normalized spacial score (nSPS) is 16.3. The summed E-state index contributed by atoms with van der Waals surface area (Å²) >= 11 is 6.04. The van der Waals surface area contributed by atoms with E-state index in [1.165, 1.54) is 71.6 Å². The predicted molar refractivity (Wildman–Crippen MR) is 186 cm³/mol. The SMILES string of the molecule is CC1=Cc2c(-c3cccc4ccccc34)ccc(Cl)c2[CH]1[Zr+2][CH]1C(C(C)C)=Cc2c(-c3cccc4ccccc34)cccc21.[Cl-].[Cl-]. The van der Waals surface area contributed by atoms with Gasteiger partial charge >= 0.3 is 278 Å². The molecule has 0 N–H and O–H groups in total. The first-order valence-corrected chi connectivity index (χ1v) is 18.8. The summed E-state index contributed by atoms with van der Waals surface area (Å²) in [6.07, 6.45) is 5.00. The molecule has 2 aliphatic rings. The van der Waals surface area contributed by atoms with Crippen LogP contribution in [0.4, 0.5) is 0 Å². The van der Waals surface area contributed by atoms with Crippen LogP contribution in [0.1, 0.15) is 50.3 Å². The number of rotatable bonds is 5. The minimum Gasteiger partial charge on any atom is -1.00 e. The van der Waals surface area contributed by atoms with E-state index in [4.69, 9.17) is 11.6 Å². The summed E-state index contributed by atoms with van der Waals surface area (Å²) in [6, 6.07) is 42.3. The van der Waals surface area contributed by atoms with Gasteiger partial charge in [0.15, 0.2) is 0 Å². The Balaban J connectivity index is 0.00000186. The molecule has 8 rings (SSSR count). The molecule has 0 bridgehead atoms. The van der Waals surface area contributed by atoms with Crippen molar-refractivity contribution < 1.29 is 48.0 Å². The molecule has 0 fully saturated rings. The second-order valence-corrected chi connectivity index (χ2v) is 16.6. The van der Waals surface area contributed by atoms with E-state index < -0.39 is 23.2 Å². The van der Waals surface area contributed by atoms with Gasteiger partial charge in [-0.05, 0) is 0 Å². The molecule has 0 heterocycles. The van der Waals surface area contributed by atoms with Crippen LogP contribution in [-0.2, 0) is 23.2 Å². The van der Waals surface area contributed by atoms with E-state index in [1.807, 2.05) is 0 Å². The van der Waals surface area contributed by atoms with E-state index in [1.54, 1.807) is 5.57 Å². The van der Waals surface area contributed by atoms with Crippen LogP contribution in [0.25, 0.3) is 56.0 Å². The Labute approximate surface area is 301 Å². The largest absolute Gasteiger partial charge is 1.00 e. The minimum absolute atomic E-state index is 0. The van der Waals surface area contributed by atoms with Crippen LogP contribution in [0.15, 0.2) is 126 Å². The standard InChI is InChI=1S/C22H19.C20H14Cl.2ClH.Zr/c1-15(2)18-13-17-9-6-12-21(22(17)14-18)20-11-5-8-16-7-3-4-10-19(16)20;1-13-11-18-17(9-10-20(21)19(18)12-13)16-8-4-6-14-5-2-3-7-15(14)16;;;/h3-15H,1-2H3;2-12H,1H3;2*1H;/q;;;;+2/p-2. The van der Waals surface area contributed by atoms with Gasteiger partial charge < -0.3 is 24.8 Å². The maximum atomic E-state index is 7.13. The van der Waals surface area contributed by atoms with Gasteiger partial charge in [0.05, 0.1) is 0 Å². The van der Waals surface area contributed by atoms with E-state index in [2.05, 4.69) is 148 Å². The summed E-state index contributed by atoms with van der Waals surface area (Å²) in [5.41, 5.74) is 14.0. The molecule has 4 heteroatoms. The molecule has 6 aromatic carbocycles. The summed E-state index contributed by atoms with van der Waals surface area (Å²) < 4.78 is 0.954. The Kier molecular flexibility index (Phi) is 9.53. The van der Waals surface area contributed by atoms with Gasteiger partial charge in [0.2, 0.25) is 0 Å². The third kappa shape index (κ3) is 5.44. The Morgan fingerprint density at radius 2 is 1.11 bits per heavy atom. The van der Waals surface area contributed by atoms with Crippen molar-refractivity contribution in [3.63, 3.8) is 0 Å². The quantitative estimate of drug-likeness (QED) is 0.195. The van der Waals surface area contributed by atoms with Crippen molar-refractivity contribution in [1.82, 2.24) is 0 Å². The summed E-state index contributed by atoms with van der Waals surface area (Å²) in [4.78, 5) is 0. The van der Waals surface area contributed by atoms with E-state index in [-0.39, 0.29) is 24.8 Å². The molecular formula is C42H33Cl3Zr. The summed E-state index contributed by atoms with van der Waals surface area (Å²) in [5, 5.41) is 6.10. The predicted octanol–water partition coefficient (Wildman–Crippen LogP) is 6.32. The van der Waals surface area contributed by atoms with Gasteiger partial charge in [0.25, 0.3) is 0 Å². The van der Waals surface area contributed by atoms with Gasteiger partial charge in [-0.1, -0.05) is 0 Å². The summed E-state index contributed by atoms with van der Waals surface area (Å²) in [6.45, 7) is 7.09. The second kappa shape index (κ2) is 13.3. The van der Waals surface area contributed by atoms with Crippen LogP contribution in [0, 0.1) is 5.92 Å². The minimum atomic E-state index is -1.09. The molecule has 0 saturated carbocycles. The summed E-state index contributed by atoms with van der Waals surface area (Å²) in [7, 11) is 0. The Morgan fingerprint density at radius 3 is 1.74 bits per heavy atom. The first-order chi connectivity index (χ1) is 21.5. The van der Waals surface area contributed by atoms with Gasteiger partial charge in [-0.3, -0.25) is 0 Å². The number of hydrogen-bond acceptors (Lipinski definition) is 0. The van der Waals surface area contributed by atoms with Crippen molar-refractivity contribution in [3.8, 4) is 22.3 Å².